The molecule has 0 saturated heterocycles. The van der Waals surface area contributed by atoms with E-state index in [1.165, 1.54) is 0 Å². The number of fused-ring (bicyclic) bond motifs is 1. The molecule has 1 atom stereocenters. The van der Waals surface area contributed by atoms with Gasteiger partial charge in [-0.15, -0.1) is 0 Å². The molecule has 2 N–H and O–H groups in total. The van der Waals surface area contributed by atoms with Crippen LogP contribution in [0.15, 0.2) is 60.9 Å². The average molecular weight is 445 g/mol. The zero-order chi connectivity index (χ0) is 22.5. The first-order valence-electron chi connectivity index (χ1n) is 9.89. The van der Waals surface area contributed by atoms with Gasteiger partial charge in [0.25, 0.3) is 10.1 Å². The Labute approximate surface area is 183 Å². The summed E-state index contributed by atoms with van der Waals surface area (Å²) < 4.78 is 34.8. The van der Waals surface area contributed by atoms with Gasteiger partial charge in [0.15, 0.2) is 0 Å². The fraction of sp³-hybridized carbons (Fsp3) is 0.364. The minimum atomic E-state index is -3.69. The second-order valence-electron chi connectivity index (χ2n) is 8.10. The number of hydrogen-bond donors (Lipinski definition) is 1. The van der Waals surface area contributed by atoms with E-state index in [9.17, 15) is 8.42 Å². The molecule has 1 heterocycles. The molecular formula is C22H28N4O4S. The number of hydrogen-bond acceptors (Lipinski definition) is 8. The number of nitrogens with two attached hydrogens (primary N) is 1. The lowest BCUT2D eigenvalue weighted by atomic mass is 10.1. The lowest BCUT2D eigenvalue weighted by Crippen LogP contribution is -2.40. The van der Waals surface area contributed by atoms with Crippen molar-refractivity contribution < 1.29 is 17.3 Å². The van der Waals surface area contributed by atoms with E-state index >= 15 is 0 Å². The molecule has 1 unspecified atom stereocenters. The Morgan fingerprint density at radius 3 is 2.35 bits per heavy atom. The molecule has 31 heavy (non-hydrogen) atoms. The topological polar surface area (TPSA) is 108 Å². The predicted molar refractivity (Wildman–Crippen MR) is 122 cm³/mol. The molecule has 0 saturated carbocycles. The molecule has 1 aromatic heterocycles. The van der Waals surface area contributed by atoms with Crippen molar-refractivity contribution in [2.75, 3.05) is 30.9 Å². The summed E-state index contributed by atoms with van der Waals surface area (Å²) >= 11 is 0. The van der Waals surface area contributed by atoms with E-state index in [-0.39, 0.29) is 19.8 Å². The fourth-order valence-electron chi connectivity index (χ4n) is 3.10. The summed E-state index contributed by atoms with van der Waals surface area (Å²) in [6, 6.07) is 15.4. The van der Waals surface area contributed by atoms with Crippen molar-refractivity contribution in [2.24, 2.45) is 5.73 Å². The third-order valence-corrected chi connectivity index (χ3v) is 4.93. The molecule has 0 bridgehead atoms. The third kappa shape index (κ3) is 7.25. The van der Waals surface area contributed by atoms with Crippen LogP contribution in [0.1, 0.15) is 13.8 Å². The van der Waals surface area contributed by atoms with Crippen molar-refractivity contribution in [3.05, 3.63) is 60.9 Å². The van der Waals surface area contributed by atoms with Crippen LogP contribution in [0.3, 0.4) is 0 Å². The minimum Gasteiger partial charge on any atom is -0.377 e. The van der Waals surface area contributed by atoms with E-state index < -0.39 is 21.8 Å². The molecule has 0 radical (unpaired) electrons. The summed E-state index contributed by atoms with van der Waals surface area (Å²) in [4.78, 5) is 10.7. The van der Waals surface area contributed by atoms with Gasteiger partial charge < -0.3 is 15.4 Å². The third-order valence-electron chi connectivity index (χ3n) is 4.31. The van der Waals surface area contributed by atoms with Crippen LogP contribution in [0.25, 0.3) is 11.0 Å². The Morgan fingerprint density at radius 2 is 1.71 bits per heavy atom. The number of nitrogens with zero attached hydrogens (tertiary/aromatic N) is 3. The van der Waals surface area contributed by atoms with Gasteiger partial charge in [-0.05, 0) is 44.2 Å². The first kappa shape index (κ1) is 23.1. The monoisotopic (exact) mass is 444 g/mol. The van der Waals surface area contributed by atoms with Gasteiger partial charge in [-0.1, -0.05) is 18.2 Å². The SMILES string of the molecule is CC(C)(N)COCC(CN(c1ccccc1)c1ccc2nccnc2c1)OS(C)(=O)=O. The number of anilines is 2. The highest BCUT2D eigenvalue weighted by atomic mass is 32.2. The summed E-state index contributed by atoms with van der Waals surface area (Å²) in [6.45, 7) is 4.27. The highest BCUT2D eigenvalue weighted by molar-refractivity contribution is 7.86. The Kier molecular flexibility index (Phi) is 7.22. The largest absolute Gasteiger partial charge is 0.377 e. The van der Waals surface area contributed by atoms with Gasteiger partial charge >= 0.3 is 0 Å². The van der Waals surface area contributed by atoms with Crippen molar-refractivity contribution in [2.45, 2.75) is 25.5 Å². The number of para-hydroxylation sites is 1. The zero-order valence-corrected chi connectivity index (χ0v) is 18.7. The van der Waals surface area contributed by atoms with Gasteiger partial charge in [-0.2, -0.15) is 8.42 Å². The standard InChI is InChI=1S/C22H28N4O4S/c1-22(2,23)16-29-15-19(30-31(3,27)28)14-26(17-7-5-4-6-8-17)18-9-10-20-21(13-18)25-12-11-24-20/h4-13,19H,14-16,23H2,1-3H3. The van der Waals surface area contributed by atoms with E-state index in [1.54, 1.807) is 12.4 Å². The Hall–Kier alpha value is -2.59. The number of benzene rings is 2. The lowest BCUT2D eigenvalue weighted by Gasteiger charge is -2.30. The molecule has 3 rings (SSSR count). The number of rotatable bonds is 10. The summed E-state index contributed by atoms with van der Waals surface area (Å²) in [5.41, 5.74) is 8.67. The lowest BCUT2D eigenvalue weighted by molar-refractivity contribution is 0.0379. The van der Waals surface area contributed by atoms with Crippen LogP contribution in [0, 0.1) is 0 Å². The van der Waals surface area contributed by atoms with Crippen molar-refractivity contribution in [3.8, 4) is 0 Å². The highest BCUT2D eigenvalue weighted by Gasteiger charge is 2.23. The molecule has 2 aromatic carbocycles. The van der Waals surface area contributed by atoms with E-state index in [0.717, 1.165) is 28.7 Å². The molecule has 0 aliphatic carbocycles. The molecule has 0 aliphatic rings. The van der Waals surface area contributed by atoms with Crippen LogP contribution in [0.4, 0.5) is 11.4 Å². The summed E-state index contributed by atoms with van der Waals surface area (Å²) in [7, 11) is -3.69. The Bertz CT molecular complexity index is 1100. The van der Waals surface area contributed by atoms with Crippen LogP contribution in [-0.4, -0.2) is 56.0 Å². The van der Waals surface area contributed by atoms with E-state index in [1.807, 2.05) is 67.3 Å². The summed E-state index contributed by atoms with van der Waals surface area (Å²) in [5, 5.41) is 0. The molecule has 166 valence electrons. The van der Waals surface area contributed by atoms with Crippen LogP contribution in [-0.2, 0) is 19.0 Å². The second kappa shape index (κ2) is 9.69. The predicted octanol–water partition coefficient (Wildman–Crippen LogP) is 2.87. The average Bonchev–Trinajstić information content (AvgIpc) is 2.70. The highest BCUT2D eigenvalue weighted by Crippen LogP contribution is 2.28. The van der Waals surface area contributed by atoms with Crippen LogP contribution in [0.5, 0.6) is 0 Å². The molecule has 0 fully saturated rings. The first-order chi connectivity index (χ1) is 14.6. The molecule has 9 heteroatoms. The summed E-state index contributed by atoms with van der Waals surface area (Å²) in [6.07, 6.45) is 3.57. The molecular weight excluding hydrogens is 416 g/mol. The Balaban J connectivity index is 1.92. The Morgan fingerprint density at radius 1 is 1.03 bits per heavy atom. The molecule has 0 aliphatic heterocycles. The normalized spacial score (nSPS) is 13.3. The smallest absolute Gasteiger partial charge is 0.264 e. The molecule has 3 aromatic rings. The van der Waals surface area contributed by atoms with Crippen LogP contribution < -0.4 is 10.6 Å². The van der Waals surface area contributed by atoms with Crippen molar-refractivity contribution in [1.82, 2.24) is 9.97 Å². The second-order valence-corrected chi connectivity index (χ2v) is 9.70. The molecule has 0 amide bonds. The van der Waals surface area contributed by atoms with Crippen molar-refractivity contribution in [1.29, 1.82) is 0 Å². The maximum absolute atomic E-state index is 11.9. The molecule has 0 spiro atoms. The summed E-state index contributed by atoms with van der Waals surface area (Å²) in [5.74, 6) is 0. The van der Waals surface area contributed by atoms with Gasteiger partial charge in [0, 0.05) is 29.3 Å². The number of aromatic nitrogens is 2. The molecule has 8 nitrogen and oxygen atoms in total. The van der Waals surface area contributed by atoms with Gasteiger partial charge in [0.1, 0.15) is 6.10 Å². The first-order valence-corrected chi connectivity index (χ1v) is 11.7. The quantitative estimate of drug-likeness (QED) is 0.476. The van der Waals surface area contributed by atoms with Crippen molar-refractivity contribution in [3.63, 3.8) is 0 Å². The maximum Gasteiger partial charge on any atom is 0.264 e. The van der Waals surface area contributed by atoms with Gasteiger partial charge in [0.2, 0.25) is 0 Å². The van der Waals surface area contributed by atoms with E-state index in [4.69, 9.17) is 14.7 Å². The van der Waals surface area contributed by atoms with Gasteiger partial charge in [-0.3, -0.25) is 14.2 Å². The van der Waals surface area contributed by atoms with Crippen LogP contribution in [0.2, 0.25) is 0 Å². The van der Waals surface area contributed by atoms with Gasteiger partial charge in [0.05, 0.1) is 37.0 Å². The fourth-order valence-corrected chi connectivity index (χ4v) is 3.71. The van der Waals surface area contributed by atoms with Crippen LogP contribution >= 0.6 is 0 Å². The van der Waals surface area contributed by atoms with Crippen molar-refractivity contribution >= 4 is 32.5 Å². The zero-order valence-electron chi connectivity index (χ0n) is 17.9. The van der Waals surface area contributed by atoms with Gasteiger partial charge in [-0.25, -0.2) is 0 Å². The minimum absolute atomic E-state index is 0.0738. The van der Waals surface area contributed by atoms with E-state index in [2.05, 4.69) is 9.97 Å². The van der Waals surface area contributed by atoms with E-state index in [0.29, 0.717) is 0 Å². The maximum atomic E-state index is 11.9. The number of ether oxygens (including phenoxy) is 1.